The lowest BCUT2D eigenvalue weighted by atomic mass is 10.4. The zero-order chi connectivity index (χ0) is 11.7. The Kier molecular flexibility index (Phi) is 3.01. The second-order valence-electron chi connectivity index (χ2n) is 4.75. The van der Waals surface area contributed by atoms with Gasteiger partial charge in [-0.2, -0.15) is 15.0 Å². The molecule has 92 valence electrons. The Bertz CT molecular complexity index is 401. The molecular formula is C11H16ClN5. The van der Waals surface area contributed by atoms with Crippen molar-refractivity contribution in [3.05, 3.63) is 5.28 Å². The highest BCUT2D eigenvalue weighted by Crippen LogP contribution is 2.28. The fraction of sp³-hybridized carbons (Fsp3) is 0.727. The van der Waals surface area contributed by atoms with Crippen LogP contribution in [0.4, 0.5) is 11.9 Å². The molecule has 0 unspecified atom stereocenters. The van der Waals surface area contributed by atoms with E-state index < -0.39 is 0 Å². The molecule has 1 N–H and O–H groups in total. The van der Waals surface area contributed by atoms with Crippen LogP contribution in [0.15, 0.2) is 0 Å². The average Bonchev–Trinajstić information content (AvgIpc) is 2.98. The van der Waals surface area contributed by atoms with Crippen molar-refractivity contribution in [2.24, 2.45) is 5.92 Å². The van der Waals surface area contributed by atoms with Crippen LogP contribution in [-0.2, 0) is 0 Å². The predicted molar refractivity (Wildman–Crippen MR) is 67.5 cm³/mol. The van der Waals surface area contributed by atoms with Crippen LogP contribution >= 0.6 is 11.6 Å². The first-order valence-electron chi connectivity index (χ1n) is 6.21. The van der Waals surface area contributed by atoms with Crippen LogP contribution in [0.5, 0.6) is 0 Å². The van der Waals surface area contributed by atoms with Gasteiger partial charge >= 0.3 is 0 Å². The van der Waals surface area contributed by atoms with E-state index in [1.54, 1.807) is 0 Å². The van der Waals surface area contributed by atoms with E-state index in [0.717, 1.165) is 25.6 Å². The van der Waals surface area contributed by atoms with Crippen molar-refractivity contribution in [1.29, 1.82) is 0 Å². The molecule has 1 aromatic rings. The minimum Gasteiger partial charge on any atom is -0.354 e. The Hall–Kier alpha value is -1.10. The Balaban J connectivity index is 1.73. The monoisotopic (exact) mass is 253 g/mol. The first-order chi connectivity index (χ1) is 8.31. The van der Waals surface area contributed by atoms with Crippen molar-refractivity contribution in [2.75, 3.05) is 29.9 Å². The average molecular weight is 254 g/mol. The number of hydrogen-bond acceptors (Lipinski definition) is 5. The molecule has 0 aromatic carbocycles. The molecule has 1 aromatic heterocycles. The molecule has 5 nitrogen and oxygen atoms in total. The third kappa shape index (κ3) is 2.77. The highest BCUT2D eigenvalue weighted by atomic mass is 35.5. The van der Waals surface area contributed by atoms with E-state index in [1.165, 1.54) is 25.7 Å². The molecule has 0 radical (unpaired) electrons. The molecule has 0 amide bonds. The highest BCUT2D eigenvalue weighted by Gasteiger charge is 2.22. The Morgan fingerprint density at radius 1 is 1.18 bits per heavy atom. The standard InChI is InChI=1S/C11H16ClN5/c12-9-14-10(13-7-8-3-4-8)16-11(15-9)17-5-1-2-6-17/h8H,1-7H2,(H,13,14,15,16). The molecule has 2 aliphatic rings. The minimum atomic E-state index is 0.278. The summed E-state index contributed by atoms with van der Waals surface area (Å²) in [6.45, 7) is 2.98. The SMILES string of the molecule is Clc1nc(NCC2CC2)nc(N2CCCC2)n1. The van der Waals surface area contributed by atoms with Crippen LogP contribution in [0.1, 0.15) is 25.7 Å². The molecule has 1 saturated heterocycles. The lowest BCUT2D eigenvalue weighted by molar-refractivity contribution is 0.847. The topological polar surface area (TPSA) is 53.9 Å². The van der Waals surface area contributed by atoms with E-state index in [2.05, 4.69) is 25.2 Å². The quantitative estimate of drug-likeness (QED) is 0.889. The van der Waals surface area contributed by atoms with E-state index in [1.807, 2.05) is 0 Å². The third-order valence-electron chi connectivity index (χ3n) is 3.23. The number of hydrogen-bond donors (Lipinski definition) is 1. The van der Waals surface area contributed by atoms with Gasteiger partial charge in [0.25, 0.3) is 0 Å². The van der Waals surface area contributed by atoms with Crippen LogP contribution in [0.25, 0.3) is 0 Å². The second-order valence-corrected chi connectivity index (χ2v) is 5.08. The lowest BCUT2D eigenvalue weighted by Crippen LogP contribution is -2.21. The smallest absolute Gasteiger partial charge is 0.231 e. The summed E-state index contributed by atoms with van der Waals surface area (Å²) in [7, 11) is 0. The minimum absolute atomic E-state index is 0.278. The maximum Gasteiger partial charge on any atom is 0.231 e. The van der Waals surface area contributed by atoms with Gasteiger partial charge in [0.1, 0.15) is 0 Å². The number of anilines is 2. The molecule has 2 fully saturated rings. The van der Waals surface area contributed by atoms with E-state index in [0.29, 0.717) is 11.9 Å². The van der Waals surface area contributed by atoms with Gasteiger partial charge in [-0.25, -0.2) is 0 Å². The largest absolute Gasteiger partial charge is 0.354 e. The normalized spacial score (nSPS) is 19.7. The maximum atomic E-state index is 5.93. The van der Waals surface area contributed by atoms with Gasteiger partial charge in [-0.1, -0.05) is 0 Å². The molecule has 3 rings (SSSR count). The van der Waals surface area contributed by atoms with Crippen LogP contribution in [-0.4, -0.2) is 34.6 Å². The summed E-state index contributed by atoms with van der Waals surface area (Å²) >= 11 is 5.93. The van der Waals surface area contributed by atoms with Gasteiger partial charge in [-0.3, -0.25) is 0 Å². The lowest BCUT2D eigenvalue weighted by Gasteiger charge is -2.15. The van der Waals surface area contributed by atoms with Gasteiger partial charge < -0.3 is 10.2 Å². The highest BCUT2D eigenvalue weighted by molar-refractivity contribution is 6.28. The fourth-order valence-corrected chi connectivity index (χ4v) is 2.19. The zero-order valence-electron chi connectivity index (χ0n) is 9.69. The van der Waals surface area contributed by atoms with Crippen molar-refractivity contribution in [3.63, 3.8) is 0 Å². The van der Waals surface area contributed by atoms with Crippen molar-refractivity contribution in [3.8, 4) is 0 Å². The number of halogens is 1. The molecule has 17 heavy (non-hydrogen) atoms. The molecule has 1 aliphatic carbocycles. The number of nitrogens with one attached hydrogen (secondary N) is 1. The van der Waals surface area contributed by atoms with Gasteiger partial charge in [0.15, 0.2) is 0 Å². The number of nitrogens with zero attached hydrogens (tertiary/aromatic N) is 4. The first kappa shape index (κ1) is 11.0. The van der Waals surface area contributed by atoms with Crippen LogP contribution < -0.4 is 10.2 Å². The van der Waals surface area contributed by atoms with Gasteiger partial charge in [-0.05, 0) is 43.2 Å². The fourth-order valence-electron chi connectivity index (χ4n) is 2.03. The Morgan fingerprint density at radius 2 is 1.94 bits per heavy atom. The van der Waals surface area contributed by atoms with Crippen molar-refractivity contribution >= 4 is 23.5 Å². The summed E-state index contributed by atoms with van der Waals surface area (Å²) < 4.78 is 0. The van der Waals surface area contributed by atoms with E-state index in [4.69, 9.17) is 11.6 Å². The predicted octanol–water partition coefficient (Wildman–Crippen LogP) is 1.95. The van der Waals surface area contributed by atoms with Crippen molar-refractivity contribution in [2.45, 2.75) is 25.7 Å². The number of aromatic nitrogens is 3. The van der Waals surface area contributed by atoms with Gasteiger partial charge in [-0.15, -0.1) is 0 Å². The number of rotatable bonds is 4. The van der Waals surface area contributed by atoms with Crippen LogP contribution in [0.3, 0.4) is 0 Å². The molecule has 1 aliphatic heterocycles. The van der Waals surface area contributed by atoms with E-state index >= 15 is 0 Å². The second kappa shape index (κ2) is 4.64. The maximum absolute atomic E-state index is 5.93. The molecule has 0 atom stereocenters. The van der Waals surface area contributed by atoms with Gasteiger partial charge in [0, 0.05) is 19.6 Å². The summed E-state index contributed by atoms with van der Waals surface area (Å²) in [6.07, 6.45) is 5.03. The third-order valence-corrected chi connectivity index (χ3v) is 3.40. The van der Waals surface area contributed by atoms with Crippen molar-refractivity contribution in [1.82, 2.24) is 15.0 Å². The molecule has 6 heteroatoms. The molecule has 2 heterocycles. The molecular weight excluding hydrogens is 238 g/mol. The summed E-state index contributed by atoms with van der Waals surface area (Å²) in [5.41, 5.74) is 0. The molecule has 0 spiro atoms. The summed E-state index contributed by atoms with van der Waals surface area (Å²) in [5.74, 6) is 2.11. The summed E-state index contributed by atoms with van der Waals surface area (Å²) in [4.78, 5) is 14.9. The van der Waals surface area contributed by atoms with Crippen LogP contribution in [0.2, 0.25) is 5.28 Å². The Morgan fingerprint density at radius 3 is 2.65 bits per heavy atom. The van der Waals surface area contributed by atoms with E-state index in [9.17, 15) is 0 Å². The van der Waals surface area contributed by atoms with Crippen molar-refractivity contribution < 1.29 is 0 Å². The zero-order valence-corrected chi connectivity index (χ0v) is 10.4. The Labute approximate surface area is 106 Å². The molecule has 1 saturated carbocycles. The van der Waals surface area contributed by atoms with Gasteiger partial charge in [0.05, 0.1) is 0 Å². The molecule has 0 bridgehead atoms. The summed E-state index contributed by atoms with van der Waals surface area (Å²) in [5, 5.41) is 3.52. The van der Waals surface area contributed by atoms with E-state index in [-0.39, 0.29) is 5.28 Å². The van der Waals surface area contributed by atoms with Crippen LogP contribution in [0, 0.1) is 5.92 Å². The first-order valence-corrected chi connectivity index (χ1v) is 6.59. The van der Waals surface area contributed by atoms with Gasteiger partial charge in [0.2, 0.25) is 17.2 Å². The summed E-state index contributed by atoms with van der Waals surface area (Å²) in [6, 6.07) is 0.